The molecule has 6 nitrogen and oxygen atoms in total. The largest absolute Gasteiger partial charge is 0.469 e. The van der Waals surface area contributed by atoms with Crippen LogP contribution in [-0.2, 0) is 19.6 Å². The first-order valence-corrected chi connectivity index (χ1v) is 8.31. The van der Waals surface area contributed by atoms with Gasteiger partial charge in [-0.1, -0.05) is 0 Å². The van der Waals surface area contributed by atoms with Gasteiger partial charge in [-0.05, 0) is 44.0 Å². The molecule has 9 heteroatoms. The third-order valence-corrected chi connectivity index (χ3v) is 4.63. The van der Waals surface area contributed by atoms with E-state index in [1.807, 2.05) is 0 Å². The summed E-state index contributed by atoms with van der Waals surface area (Å²) in [5.74, 6) is -0.941. The Kier molecular flexibility index (Phi) is 5.63. The van der Waals surface area contributed by atoms with Crippen molar-refractivity contribution in [2.75, 3.05) is 23.3 Å². The number of benzene rings is 1. The fraction of sp³-hybridized carbons (Fsp3) is 0.300. The molecule has 1 aromatic carbocycles. The smallest absolute Gasteiger partial charge is 0.306 e. The summed E-state index contributed by atoms with van der Waals surface area (Å²) < 4.78 is 31.4. The summed E-state index contributed by atoms with van der Waals surface area (Å²) in [6, 6.07) is 3.14. The molecule has 0 heterocycles. The molecule has 0 radical (unpaired) electrons. The Hall–Kier alpha value is -0.800. The third-order valence-electron chi connectivity index (χ3n) is 2.12. The van der Waals surface area contributed by atoms with Gasteiger partial charge in [0.05, 0.1) is 25.0 Å². The van der Waals surface area contributed by atoms with Gasteiger partial charge in [-0.15, -0.1) is 0 Å². The molecule has 1 aromatic rings. The lowest BCUT2D eigenvalue weighted by molar-refractivity contribution is -0.140. The number of halogens is 2. The molecule has 0 saturated carbocycles. The highest BCUT2D eigenvalue weighted by Crippen LogP contribution is 2.34. The number of anilines is 2. The Bertz CT molecular complexity index is 566. The second-order valence-electron chi connectivity index (χ2n) is 3.61. The lowest BCUT2D eigenvalue weighted by Crippen LogP contribution is -2.20. The number of hydrogen-bond donors (Lipinski definition) is 2. The van der Waals surface area contributed by atoms with Crippen LogP contribution in [0.3, 0.4) is 0 Å². The van der Waals surface area contributed by atoms with E-state index in [9.17, 15) is 13.2 Å². The van der Waals surface area contributed by atoms with Crippen LogP contribution in [0.15, 0.2) is 21.1 Å². The van der Waals surface area contributed by atoms with E-state index < -0.39 is 16.0 Å². The van der Waals surface area contributed by atoms with Crippen molar-refractivity contribution in [3.05, 3.63) is 21.1 Å². The Balaban J connectivity index is 2.87. The summed E-state index contributed by atoms with van der Waals surface area (Å²) >= 11 is 6.43. The van der Waals surface area contributed by atoms with Gasteiger partial charge in [-0.3, -0.25) is 9.52 Å². The van der Waals surface area contributed by atoms with E-state index in [1.165, 1.54) is 7.11 Å². The maximum absolute atomic E-state index is 11.8. The van der Waals surface area contributed by atoms with Crippen molar-refractivity contribution < 1.29 is 17.9 Å². The fourth-order valence-electron chi connectivity index (χ4n) is 1.22. The van der Waals surface area contributed by atoms with Crippen LogP contribution < -0.4 is 10.5 Å². The molecule has 0 unspecified atom stereocenters. The summed E-state index contributed by atoms with van der Waals surface area (Å²) in [7, 11) is -2.45. The zero-order valence-corrected chi connectivity index (χ0v) is 13.9. The molecule has 0 fully saturated rings. The van der Waals surface area contributed by atoms with Crippen LogP contribution in [0, 0.1) is 0 Å². The Morgan fingerprint density at radius 1 is 1.37 bits per heavy atom. The number of nitrogen functional groups attached to an aromatic ring is 1. The van der Waals surface area contributed by atoms with E-state index in [4.69, 9.17) is 5.73 Å². The Morgan fingerprint density at radius 2 is 1.89 bits per heavy atom. The zero-order chi connectivity index (χ0) is 14.6. The van der Waals surface area contributed by atoms with Crippen molar-refractivity contribution in [3.63, 3.8) is 0 Å². The van der Waals surface area contributed by atoms with Gasteiger partial charge < -0.3 is 10.5 Å². The van der Waals surface area contributed by atoms with E-state index in [-0.39, 0.29) is 12.2 Å². The summed E-state index contributed by atoms with van der Waals surface area (Å²) in [6.45, 7) is 0. The van der Waals surface area contributed by atoms with E-state index in [2.05, 4.69) is 41.3 Å². The van der Waals surface area contributed by atoms with Gasteiger partial charge in [0.25, 0.3) is 0 Å². The van der Waals surface area contributed by atoms with Crippen LogP contribution in [0.1, 0.15) is 6.42 Å². The van der Waals surface area contributed by atoms with Crippen molar-refractivity contribution in [1.29, 1.82) is 0 Å². The summed E-state index contributed by atoms with van der Waals surface area (Å²) in [4.78, 5) is 10.9. The summed E-state index contributed by atoms with van der Waals surface area (Å²) in [6.07, 6.45) is -0.212. The predicted molar refractivity (Wildman–Crippen MR) is 80.3 cm³/mol. The number of rotatable bonds is 5. The Morgan fingerprint density at radius 3 is 2.37 bits per heavy atom. The molecule has 0 aromatic heterocycles. The molecule has 0 aliphatic carbocycles. The van der Waals surface area contributed by atoms with Crippen molar-refractivity contribution in [2.45, 2.75) is 6.42 Å². The first kappa shape index (κ1) is 16.3. The third kappa shape index (κ3) is 5.00. The van der Waals surface area contributed by atoms with Crippen LogP contribution in [0.4, 0.5) is 11.4 Å². The SMILES string of the molecule is COC(=O)CCS(=O)(=O)Nc1c(Br)cc(N)cc1Br. The molecule has 1 rings (SSSR count). The van der Waals surface area contributed by atoms with Crippen LogP contribution in [0.5, 0.6) is 0 Å². The predicted octanol–water partition coefficient (Wildman–Crippen LogP) is 2.10. The average molecular weight is 416 g/mol. The number of ether oxygens (including phenoxy) is 1. The van der Waals surface area contributed by atoms with Crippen molar-refractivity contribution in [2.24, 2.45) is 0 Å². The van der Waals surface area contributed by atoms with Crippen LogP contribution in [-0.4, -0.2) is 27.2 Å². The summed E-state index contributed by atoms with van der Waals surface area (Å²) in [5, 5.41) is 0. The van der Waals surface area contributed by atoms with Gasteiger partial charge >= 0.3 is 5.97 Å². The monoisotopic (exact) mass is 414 g/mol. The van der Waals surface area contributed by atoms with Crippen molar-refractivity contribution in [1.82, 2.24) is 0 Å². The number of hydrogen-bond acceptors (Lipinski definition) is 5. The number of sulfonamides is 1. The number of methoxy groups -OCH3 is 1. The quantitative estimate of drug-likeness (QED) is 0.566. The number of nitrogens with one attached hydrogen (secondary N) is 1. The molecular formula is C10H12Br2N2O4S. The maximum Gasteiger partial charge on any atom is 0.306 e. The number of nitrogens with two attached hydrogens (primary N) is 1. The van der Waals surface area contributed by atoms with Gasteiger partial charge in [0, 0.05) is 14.6 Å². The van der Waals surface area contributed by atoms with Crippen LogP contribution >= 0.6 is 31.9 Å². The Labute approximate surface area is 128 Å². The van der Waals surface area contributed by atoms with E-state index in [1.54, 1.807) is 12.1 Å². The lowest BCUT2D eigenvalue weighted by Gasteiger charge is -2.12. The van der Waals surface area contributed by atoms with Gasteiger partial charge in [0.1, 0.15) is 0 Å². The van der Waals surface area contributed by atoms with E-state index in [0.29, 0.717) is 20.3 Å². The fourth-order valence-corrected chi connectivity index (χ4v) is 3.97. The zero-order valence-electron chi connectivity index (χ0n) is 9.94. The second-order valence-corrected chi connectivity index (χ2v) is 7.16. The molecule has 0 atom stereocenters. The lowest BCUT2D eigenvalue weighted by atomic mass is 10.3. The highest BCUT2D eigenvalue weighted by atomic mass is 79.9. The molecule has 0 spiro atoms. The molecule has 0 amide bonds. The first-order valence-electron chi connectivity index (χ1n) is 5.07. The van der Waals surface area contributed by atoms with Gasteiger partial charge in [0.2, 0.25) is 10.0 Å². The highest BCUT2D eigenvalue weighted by Gasteiger charge is 2.17. The van der Waals surface area contributed by atoms with Crippen LogP contribution in [0.25, 0.3) is 0 Å². The van der Waals surface area contributed by atoms with E-state index in [0.717, 1.165) is 0 Å². The molecule has 0 saturated heterocycles. The van der Waals surface area contributed by atoms with E-state index >= 15 is 0 Å². The minimum absolute atomic E-state index is 0.212. The molecule has 106 valence electrons. The number of carbonyl (C=O) groups is 1. The topological polar surface area (TPSA) is 98.5 Å². The highest BCUT2D eigenvalue weighted by molar-refractivity contribution is 9.11. The molecule has 3 N–H and O–H groups in total. The molecular weight excluding hydrogens is 404 g/mol. The number of esters is 1. The molecule has 19 heavy (non-hydrogen) atoms. The van der Waals surface area contributed by atoms with Gasteiger partial charge in [-0.25, -0.2) is 8.42 Å². The van der Waals surface area contributed by atoms with Gasteiger partial charge in [0.15, 0.2) is 0 Å². The standard InChI is InChI=1S/C10H12Br2N2O4S/c1-18-9(15)2-3-19(16,17)14-10-7(11)4-6(13)5-8(10)12/h4-5,14H,2-3,13H2,1H3. The minimum atomic E-state index is -3.65. The summed E-state index contributed by atoms with van der Waals surface area (Å²) in [5.41, 5.74) is 6.43. The number of carbonyl (C=O) groups excluding carboxylic acids is 1. The van der Waals surface area contributed by atoms with Crippen molar-refractivity contribution in [3.8, 4) is 0 Å². The van der Waals surface area contributed by atoms with Crippen LogP contribution in [0.2, 0.25) is 0 Å². The van der Waals surface area contributed by atoms with Gasteiger partial charge in [-0.2, -0.15) is 0 Å². The van der Waals surface area contributed by atoms with Crippen molar-refractivity contribution >= 4 is 59.2 Å². The molecule has 0 aliphatic heterocycles. The maximum atomic E-state index is 11.8. The minimum Gasteiger partial charge on any atom is -0.469 e. The normalized spacial score (nSPS) is 11.1. The average Bonchev–Trinajstić information content (AvgIpc) is 2.31. The molecule has 0 bridgehead atoms. The molecule has 0 aliphatic rings. The first-order chi connectivity index (χ1) is 8.75. The second kappa shape index (κ2) is 6.58.